The van der Waals surface area contributed by atoms with Crippen LogP contribution in [0.1, 0.15) is 17.2 Å². The largest absolute Gasteiger partial charge is 0.505 e. The summed E-state index contributed by atoms with van der Waals surface area (Å²) in [5.41, 5.74) is 11.0. The smallest absolute Gasteiger partial charge is 0.200 e. The van der Waals surface area contributed by atoms with Crippen LogP contribution in [0.3, 0.4) is 0 Å². The fraction of sp³-hybridized carbons (Fsp3) is 0.333. The monoisotopic (exact) mass is 202 g/mol. The van der Waals surface area contributed by atoms with Crippen LogP contribution < -0.4 is 11.5 Å². The predicted molar refractivity (Wildman–Crippen MR) is 48.7 cm³/mol. The predicted octanol–water partition coefficient (Wildman–Crippen LogP) is 0.937. The summed E-state index contributed by atoms with van der Waals surface area (Å²) in [5, 5.41) is 9.25. The number of hydrogen-bond acceptors (Lipinski definition) is 3. The van der Waals surface area contributed by atoms with Crippen LogP contribution in [0, 0.1) is 18.6 Å². The van der Waals surface area contributed by atoms with E-state index in [0.717, 1.165) is 0 Å². The highest BCUT2D eigenvalue weighted by molar-refractivity contribution is 5.40. The van der Waals surface area contributed by atoms with Crippen LogP contribution >= 0.6 is 0 Å². The first-order valence-corrected chi connectivity index (χ1v) is 4.12. The van der Waals surface area contributed by atoms with Gasteiger partial charge < -0.3 is 16.6 Å². The van der Waals surface area contributed by atoms with Gasteiger partial charge in [-0.15, -0.1) is 0 Å². The van der Waals surface area contributed by atoms with Gasteiger partial charge in [-0.1, -0.05) is 0 Å². The molecule has 0 aromatic heterocycles. The highest BCUT2D eigenvalue weighted by Gasteiger charge is 2.18. The summed E-state index contributed by atoms with van der Waals surface area (Å²) in [7, 11) is 0. The van der Waals surface area contributed by atoms with Crippen LogP contribution in [0.2, 0.25) is 0 Å². The van der Waals surface area contributed by atoms with E-state index in [0.29, 0.717) is 0 Å². The second kappa shape index (κ2) is 3.89. The van der Waals surface area contributed by atoms with Gasteiger partial charge in [0.05, 0.1) is 0 Å². The topological polar surface area (TPSA) is 72.3 Å². The number of nitrogens with two attached hydrogens (primary N) is 2. The van der Waals surface area contributed by atoms with Gasteiger partial charge in [-0.25, -0.2) is 4.39 Å². The number of benzene rings is 1. The quantitative estimate of drug-likeness (QED) is 0.668. The summed E-state index contributed by atoms with van der Waals surface area (Å²) in [6.45, 7) is 1.45. The Labute approximate surface area is 80.3 Å². The molecule has 3 nitrogen and oxygen atoms in total. The van der Waals surface area contributed by atoms with E-state index in [-0.39, 0.29) is 17.7 Å². The first-order chi connectivity index (χ1) is 6.49. The molecule has 0 aliphatic heterocycles. The molecule has 0 saturated heterocycles. The number of aryl methyl sites for hydroxylation is 1. The lowest BCUT2D eigenvalue weighted by Gasteiger charge is -2.13. The van der Waals surface area contributed by atoms with Crippen molar-refractivity contribution < 1.29 is 13.9 Å². The van der Waals surface area contributed by atoms with Crippen molar-refractivity contribution in [2.75, 3.05) is 6.54 Å². The molecule has 1 atom stereocenters. The minimum absolute atomic E-state index is 0.0536. The Bertz CT molecular complexity index is 355. The van der Waals surface area contributed by atoms with Gasteiger partial charge in [-0.3, -0.25) is 0 Å². The maximum atomic E-state index is 13.0. The molecule has 0 fully saturated rings. The van der Waals surface area contributed by atoms with Gasteiger partial charge in [-0.05, 0) is 18.6 Å². The molecule has 1 aromatic rings. The first-order valence-electron chi connectivity index (χ1n) is 4.12. The van der Waals surface area contributed by atoms with Gasteiger partial charge in [0.2, 0.25) is 5.82 Å². The lowest BCUT2D eigenvalue weighted by molar-refractivity contribution is 0.395. The molecule has 14 heavy (non-hydrogen) atoms. The Morgan fingerprint density at radius 2 is 2.00 bits per heavy atom. The SMILES string of the molecule is Cc1cc([C@@H](N)CN)c(O)c(F)c1F. The van der Waals surface area contributed by atoms with Crippen LogP contribution in [0.4, 0.5) is 8.78 Å². The molecule has 1 rings (SSSR count). The van der Waals surface area contributed by atoms with E-state index in [2.05, 4.69) is 0 Å². The Morgan fingerprint density at radius 3 is 2.50 bits per heavy atom. The molecule has 0 bridgehead atoms. The molecule has 0 unspecified atom stereocenters. The van der Waals surface area contributed by atoms with Crippen molar-refractivity contribution in [2.24, 2.45) is 11.5 Å². The van der Waals surface area contributed by atoms with Crippen LogP contribution in [0.15, 0.2) is 6.07 Å². The van der Waals surface area contributed by atoms with Gasteiger partial charge in [0.15, 0.2) is 11.6 Å². The minimum Gasteiger partial charge on any atom is -0.505 e. The lowest BCUT2D eigenvalue weighted by atomic mass is 10.0. The van der Waals surface area contributed by atoms with E-state index in [1.165, 1.54) is 13.0 Å². The maximum Gasteiger partial charge on any atom is 0.200 e. The van der Waals surface area contributed by atoms with Crippen molar-refractivity contribution in [3.8, 4) is 5.75 Å². The van der Waals surface area contributed by atoms with E-state index in [1.807, 2.05) is 0 Å². The summed E-state index contributed by atoms with van der Waals surface area (Å²) in [5.74, 6) is -3.09. The van der Waals surface area contributed by atoms with Gasteiger partial charge in [-0.2, -0.15) is 4.39 Å². The zero-order valence-electron chi connectivity index (χ0n) is 7.72. The summed E-state index contributed by atoms with van der Waals surface area (Å²) in [6, 6.07) is 0.606. The molecule has 1 aromatic carbocycles. The molecule has 5 N–H and O–H groups in total. The third-order valence-electron chi connectivity index (χ3n) is 2.05. The van der Waals surface area contributed by atoms with Crippen LogP contribution in [-0.4, -0.2) is 11.7 Å². The molecule has 0 radical (unpaired) electrons. The van der Waals surface area contributed by atoms with Crippen molar-refractivity contribution >= 4 is 0 Å². The number of hydrogen-bond donors (Lipinski definition) is 3. The summed E-state index contributed by atoms with van der Waals surface area (Å²) < 4.78 is 26.0. The average Bonchev–Trinajstić information content (AvgIpc) is 2.19. The molecule has 0 saturated carbocycles. The van der Waals surface area contributed by atoms with Crippen molar-refractivity contribution in [2.45, 2.75) is 13.0 Å². The second-order valence-electron chi connectivity index (χ2n) is 3.10. The average molecular weight is 202 g/mol. The maximum absolute atomic E-state index is 13.0. The van der Waals surface area contributed by atoms with E-state index < -0.39 is 23.4 Å². The number of aromatic hydroxyl groups is 1. The Morgan fingerprint density at radius 1 is 1.43 bits per heavy atom. The Hall–Kier alpha value is -1.20. The normalized spacial score (nSPS) is 12.9. The molecule has 78 valence electrons. The van der Waals surface area contributed by atoms with Crippen molar-refractivity contribution in [3.63, 3.8) is 0 Å². The second-order valence-corrected chi connectivity index (χ2v) is 3.10. The number of phenols is 1. The van der Waals surface area contributed by atoms with E-state index in [9.17, 15) is 13.9 Å². The van der Waals surface area contributed by atoms with Crippen LogP contribution in [0.5, 0.6) is 5.75 Å². The van der Waals surface area contributed by atoms with Crippen molar-refractivity contribution in [3.05, 3.63) is 28.8 Å². The standard InChI is InChI=1S/C9H12F2N2O/c1-4-2-5(6(13)3-12)9(14)8(11)7(4)10/h2,6,14H,3,12-13H2,1H3/t6-/m0/s1. The van der Waals surface area contributed by atoms with Gasteiger partial charge >= 0.3 is 0 Å². The van der Waals surface area contributed by atoms with Crippen molar-refractivity contribution in [1.29, 1.82) is 0 Å². The number of halogens is 2. The fourth-order valence-electron chi connectivity index (χ4n) is 1.18. The van der Waals surface area contributed by atoms with Crippen molar-refractivity contribution in [1.82, 2.24) is 0 Å². The number of phenolic OH excluding ortho intramolecular Hbond substituents is 1. The highest BCUT2D eigenvalue weighted by Crippen LogP contribution is 2.29. The highest BCUT2D eigenvalue weighted by atomic mass is 19.2. The van der Waals surface area contributed by atoms with Crippen LogP contribution in [0.25, 0.3) is 0 Å². The summed E-state index contributed by atoms with van der Waals surface area (Å²) >= 11 is 0. The third-order valence-corrected chi connectivity index (χ3v) is 2.05. The fourth-order valence-corrected chi connectivity index (χ4v) is 1.18. The van der Waals surface area contributed by atoms with Gasteiger partial charge in [0.25, 0.3) is 0 Å². The first kappa shape index (κ1) is 10.9. The lowest BCUT2D eigenvalue weighted by Crippen LogP contribution is -2.21. The van der Waals surface area contributed by atoms with Gasteiger partial charge in [0, 0.05) is 18.2 Å². The third kappa shape index (κ3) is 1.69. The zero-order chi connectivity index (χ0) is 10.9. The van der Waals surface area contributed by atoms with E-state index in [4.69, 9.17) is 11.5 Å². The van der Waals surface area contributed by atoms with E-state index in [1.54, 1.807) is 0 Å². The zero-order valence-corrected chi connectivity index (χ0v) is 7.72. The molecule has 5 heteroatoms. The molecular weight excluding hydrogens is 190 g/mol. The van der Waals surface area contributed by atoms with Gasteiger partial charge in [0.1, 0.15) is 0 Å². The van der Waals surface area contributed by atoms with E-state index >= 15 is 0 Å². The number of rotatable bonds is 2. The molecule has 0 aliphatic rings. The van der Waals surface area contributed by atoms with Crippen LogP contribution in [-0.2, 0) is 0 Å². The molecule has 0 heterocycles. The minimum atomic E-state index is -1.27. The molecule has 0 amide bonds. The molecular formula is C9H12F2N2O. The molecule has 0 aliphatic carbocycles. The summed E-state index contributed by atoms with van der Waals surface area (Å²) in [4.78, 5) is 0. The Balaban J connectivity index is 3.33. The Kier molecular flexibility index (Phi) is 3.03. The summed E-state index contributed by atoms with van der Waals surface area (Å²) in [6.07, 6.45) is 0. The molecule has 0 spiro atoms.